The second-order valence-electron chi connectivity index (χ2n) is 3.23. The summed E-state index contributed by atoms with van der Waals surface area (Å²) in [5, 5.41) is 9.37. The van der Waals surface area contributed by atoms with Crippen molar-refractivity contribution in [2.75, 3.05) is 16.6 Å². The standard InChI is InChI=1S/C10H10ClN5O/c11-8-5-9(14-10(12)13-8)16-15-6-1-3-7(17)4-2-6/h1-5,15,17H,(H3,12,13,14,16). The first kappa shape index (κ1) is 11.3. The fourth-order valence-electron chi connectivity index (χ4n) is 1.18. The van der Waals surface area contributed by atoms with Crippen molar-refractivity contribution in [1.29, 1.82) is 0 Å². The first-order valence-electron chi connectivity index (χ1n) is 4.74. The average molecular weight is 252 g/mol. The van der Waals surface area contributed by atoms with Crippen LogP contribution in [0.15, 0.2) is 30.3 Å². The molecule has 1 heterocycles. The molecular weight excluding hydrogens is 242 g/mol. The zero-order valence-electron chi connectivity index (χ0n) is 8.68. The number of halogens is 1. The minimum atomic E-state index is 0.0903. The summed E-state index contributed by atoms with van der Waals surface area (Å²) in [7, 11) is 0. The zero-order chi connectivity index (χ0) is 12.3. The largest absolute Gasteiger partial charge is 0.508 e. The van der Waals surface area contributed by atoms with Crippen molar-refractivity contribution in [3.63, 3.8) is 0 Å². The number of hydrogen-bond acceptors (Lipinski definition) is 6. The molecule has 0 bridgehead atoms. The van der Waals surface area contributed by atoms with E-state index in [0.717, 1.165) is 5.69 Å². The van der Waals surface area contributed by atoms with Gasteiger partial charge in [-0.05, 0) is 24.3 Å². The molecule has 0 atom stereocenters. The Kier molecular flexibility index (Phi) is 3.15. The number of rotatable bonds is 3. The molecule has 2 rings (SSSR count). The first-order valence-corrected chi connectivity index (χ1v) is 5.12. The SMILES string of the molecule is Nc1nc(Cl)cc(NNc2ccc(O)cc2)n1. The Morgan fingerprint density at radius 2 is 1.82 bits per heavy atom. The normalized spacial score (nSPS) is 9.94. The lowest BCUT2D eigenvalue weighted by atomic mass is 10.3. The summed E-state index contributed by atoms with van der Waals surface area (Å²) in [6.45, 7) is 0. The molecule has 7 heteroatoms. The molecule has 1 aromatic carbocycles. The Hall–Kier alpha value is -2.21. The Labute approximate surface area is 102 Å². The van der Waals surface area contributed by atoms with Crippen LogP contribution in [0.25, 0.3) is 0 Å². The average Bonchev–Trinajstić information content (AvgIpc) is 2.27. The molecular formula is C10H10ClN5O. The highest BCUT2D eigenvalue weighted by Crippen LogP contribution is 2.15. The predicted molar refractivity (Wildman–Crippen MR) is 66.8 cm³/mol. The summed E-state index contributed by atoms with van der Waals surface area (Å²) < 4.78 is 0. The third-order valence-electron chi connectivity index (χ3n) is 1.91. The van der Waals surface area contributed by atoms with E-state index in [4.69, 9.17) is 22.4 Å². The summed E-state index contributed by atoms with van der Waals surface area (Å²) in [5.41, 5.74) is 11.9. The van der Waals surface area contributed by atoms with Gasteiger partial charge in [0.15, 0.2) is 5.82 Å². The molecule has 5 N–H and O–H groups in total. The number of phenolic OH excluding ortho intramolecular Hbond substituents is 1. The van der Waals surface area contributed by atoms with Gasteiger partial charge in [0, 0.05) is 6.07 Å². The molecule has 0 saturated carbocycles. The van der Waals surface area contributed by atoms with Gasteiger partial charge in [0.25, 0.3) is 0 Å². The lowest BCUT2D eigenvalue weighted by Crippen LogP contribution is -2.11. The molecule has 0 unspecified atom stereocenters. The maximum Gasteiger partial charge on any atom is 0.223 e. The fraction of sp³-hybridized carbons (Fsp3) is 0. The molecule has 6 nitrogen and oxygen atoms in total. The van der Waals surface area contributed by atoms with Gasteiger partial charge >= 0.3 is 0 Å². The minimum Gasteiger partial charge on any atom is -0.508 e. The van der Waals surface area contributed by atoms with Gasteiger partial charge in [0.05, 0.1) is 5.69 Å². The van der Waals surface area contributed by atoms with Crippen LogP contribution in [0.4, 0.5) is 17.5 Å². The number of anilines is 3. The zero-order valence-corrected chi connectivity index (χ0v) is 9.44. The Bertz CT molecular complexity index is 496. The van der Waals surface area contributed by atoms with Crippen LogP contribution in [-0.4, -0.2) is 15.1 Å². The molecule has 0 aliphatic carbocycles. The van der Waals surface area contributed by atoms with E-state index >= 15 is 0 Å². The van der Waals surface area contributed by atoms with Crippen molar-refractivity contribution >= 4 is 29.1 Å². The second-order valence-corrected chi connectivity index (χ2v) is 3.62. The number of phenols is 1. The Morgan fingerprint density at radius 1 is 1.12 bits per heavy atom. The third kappa shape index (κ3) is 3.12. The molecule has 1 aromatic heterocycles. The summed E-state index contributed by atoms with van der Waals surface area (Å²) in [6, 6.07) is 8.06. The quantitative estimate of drug-likeness (QED) is 0.378. The van der Waals surface area contributed by atoms with E-state index in [9.17, 15) is 0 Å². The topological polar surface area (TPSA) is 96.1 Å². The Balaban J connectivity index is 2.04. The van der Waals surface area contributed by atoms with Crippen molar-refractivity contribution in [2.24, 2.45) is 0 Å². The highest BCUT2D eigenvalue weighted by Gasteiger charge is 1.99. The molecule has 0 aliphatic rings. The summed E-state index contributed by atoms with van der Waals surface area (Å²) in [5.74, 6) is 0.743. The Morgan fingerprint density at radius 3 is 2.47 bits per heavy atom. The number of nitrogens with two attached hydrogens (primary N) is 1. The lowest BCUT2D eigenvalue weighted by molar-refractivity contribution is 0.475. The van der Waals surface area contributed by atoms with Crippen molar-refractivity contribution in [3.05, 3.63) is 35.5 Å². The maximum absolute atomic E-state index is 9.11. The number of aromatic hydroxyl groups is 1. The fourth-order valence-corrected chi connectivity index (χ4v) is 1.37. The number of nitrogen functional groups attached to an aromatic ring is 1. The van der Waals surface area contributed by atoms with Crippen LogP contribution >= 0.6 is 11.6 Å². The van der Waals surface area contributed by atoms with E-state index in [0.29, 0.717) is 5.82 Å². The molecule has 2 aromatic rings. The van der Waals surface area contributed by atoms with Gasteiger partial charge in [-0.2, -0.15) is 4.98 Å². The van der Waals surface area contributed by atoms with Crippen LogP contribution in [0.3, 0.4) is 0 Å². The van der Waals surface area contributed by atoms with Gasteiger partial charge in [-0.15, -0.1) is 0 Å². The maximum atomic E-state index is 9.11. The molecule has 88 valence electrons. The molecule has 0 amide bonds. The van der Waals surface area contributed by atoms with Crippen molar-refractivity contribution in [3.8, 4) is 5.75 Å². The highest BCUT2D eigenvalue weighted by atomic mass is 35.5. The van der Waals surface area contributed by atoms with Crippen LogP contribution in [0, 0.1) is 0 Å². The van der Waals surface area contributed by atoms with Crippen molar-refractivity contribution in [2.45, 2.75) is 0 Å². The van der Waals surface area contributed by atoms with Gasteiger partial charge in [0.1, 0.15) is 10.9 Å². The van der Waals surface area contributed by atoms with Crippen molar-refractivity contribution < 1.29 is 5.11 Å². The minimum absolute atomic E-state index is 0.0903. The summed E-state index contributed by atoms with van der Waals surface area (Å²) in [4.78, 5) is 7.66. The van der Waals surface area contributed by atoms with Crippen LogP contribution in [0.5, 0.6) is 5.75 Å². The molecule has 17 heavy (non-hydrogen) atoms. The van der Waals surface area contributed by atoms with Gasteiger partial charge in [-0.3, -0.25) is 10.9 Å². The third-order valence-corrected chi connectivity index (χ3v) is 2.11. The van der Waals surface area contributed by atoms with Crippen LogP contribution in [0.2, 0.25) is 5.15 Å². The predicted octanol–water partition coefficient (Wildman–Crippen LogP) is 1.86. The summed E-state index contributed by atoms with van der Waals surface area (Å²) >= 11 is 5.72. The van der Waals surface area contributed by atoms with E-state index in [1.807, 2.05) is 0 Å². The molecule has 0 aliphatic heterocycles. The molecule has 0 spiro atoms. The highest BCUT2D eigenvalue weighted by molar-refractivity contribution is 6.29. The summed E-state index contributed by atoms with van der Waals surface area (Å²) in [6.07, 6.45) is 0. The monoisotopic (exact) mass is 251 g/mol. The van der Waals surface area contributed by atoms with E-state index < -0.39 is 0 Å². The first-order chi connectivity index (χ1) is 8.13. The van der Waals surface area contributed by atoms with Gasteiger partial charge in [-0.1, -0.05) is 11.6 Å². The van der Waals surface area contributed by atoms with E-state index in [1.165, 1.54) is 6.07 Å². The van der Waals surface area contributed by atoms with E-state index in [2.05, 4.69) is 20.8 Å². The molecule has 0 fully saturated rings. The number of nitrogens with one attached hydrogen (secondary N) is 2. The number of nitrogens with zero attached hydrogens (tertiary/aromatic N) is 2. The number of benzene rings is 1. The smallest absolute Gasteiger partial charge is 0.223 e. The van der Waals surface area contributed by atoms with E-state index in [1.54, 1.807) is 24.3 Å². The van der Waals surface area contributed by atoms with Crippen molar-refractivity contribution in [1.82, 2.24) is 9.97 Å². The lowest BCUT2D eigenvalue weighted by Gasteiger charge is -2.09. The number of hydrogen-bond donors (Lipinski definition) is 4. The van der Waals surface area contributed by atoms with Crippen LogP contribution < -0.4 is 16.6 Å². The van der Waals surface area contributed by atoms with Gasteiger partial charge in [0.2, 0.25) is 5.95 Å². The second kappa shape index (κ2) is 4.75. The van der Waals surface area contributed by atoms with Crippen LogP contribution in [-0.2, 0) is 0 Å². The molecule has 0 radical (unpaired) electrons. The number of hydrazine groups is 1. The molecule has 0 saturated heterocycles. The number of aromatic nitrogens is 2. The van der Waals surface area contributed by atoms with Crippen LogP contribution in [0.1, 0.15) is 0 Å². The van der Waals surface area contributed by atoms with Gasteiger partial charge in [-0.25, -0.2) is 4.98 Å². The van der Waals surface area contributed by atoms with E-state index in [-0.39, 0.29) is 16.9 Å². The van der Waals surface area contributed by atoms with Gasteiger partial charge < -0.3 is 10.8 Å².